The molecule has 8 N–H and O–H groups in total. The molecule has 0 fully saturated rings. The number of aromatic nitrogens is 7. The Bertz CT molecular complexity index is 2040. The fourth-order valence-electron chi connectivity index (χ4n) is 5.72. The lowest BCUT2D eigenvalue weighted by atomic mass is 10.1. The van der Waals surface area contributed by atoms with E-state index >= 15 is 0 Å². The second-order valence-corrected chi connectivity index (χ2v) is 14.3. The molecule has 0 bridgehead atoms. The average molecular weight is 910 g/mol. The summed E-state index contributed by atoms with van der Waals surface area (Å²) in [6, 6.07) is 15.9. The highest BCUT2D eigenvalue weighted by Gasteiger charge is 2.10. The van der Waals surface area contributed by atoms with Crippen LogP contribution in [0.1, 0.15) is 27.9 Å². The van der Waals surface area contributed by atoms with Gasteiger partial charge in [-0.1, -0.05) is 53.7 Å². The van der Waals surface area contributed by atoms with E-state index in [0.29, 0.717) is 155 Å². The van der Waals surface area contributed by atoms with Gasteiger partial charge in [0.1, 0.15) is 17.8 Å². The molecule has 65 heavy (non-hydrogen) atoms. The van der Waals surface area contributed by atoms with Gasteiger partial charge in [0, 0.05) is 6.20 Å². The van der Waals surface area contributed by atoms with E-state index in [1.165, 1.54) is 11.3 Å². The van der Waals surface area contributed by atoms with Gasteiger partial charge in [-0.3, -0.25) is 0 Å². The summed E-state index contributed by atoms with van der Waals surface area (Å²) in [6.07, 6.45) is 5.00. The number of imidazole rings is 1. The molecule has 0 radical (unpaired) electrons. The number of hydrogen-bond acceptors (Lipinski definition) is 20. The quantitative estimate of drug-likeness (QED) is 0.0215. The predicted molar refractivity (Wildman–Crippen MR) is 236 cm³/mol. The van der Waals surface area contributed by atoms with Gasteiger partial charge in [-0.15, -0.1) is 5.10 Å². The number of ether oxygens (including phenoxy) is 10. The highest BCUT2D eigenvalue weighted by Crippen LogP contribution is 2.21. The molecule has 0 unspecified atom stereocenters. The van der Waals surface area contributed by atoms with Crippen LogP contribution in [-0.2, 0) is 82.2 Å². The molecule has 0 aliphatic rings. The Morgan fingerprint density at radius 1 is 0.646 bits per heavy atom. The van der Waals surface area contributed by atoms with Crippen LogP contribution < -0.4 is 22.0 Å². The van der Waals surface area contributed by atoms with Crippen molar-refractivity contribution in [1.82, 2.24) is 39.9 Å². The Hall–Kier alpha value is -5.37. The molecular weight excluding hydrogens is 847 g/mol. The molecule has 0 amide bonds. The SMILES string of the molecule is N/C(=C\N(N)CCOCCOCCOCCOCc1ccc(COc2nc(N)nc3nc[nH]c23)cc1)COCc1ccc(COCc2cn(CCOCCOCCOCCO)nn2)cc1. The minimum absolute atomic E-state index is 0.00948. The smallest absolute Gasteiger partial charge is 0.245 e. The predicted octanol–water partition coefficient (Wildman–Crippen LogP) is 1.62. The van der Waals surface area contributed by atoms with Crippen LogP contribution in [0, 0.1) is 0 Å². The van der Waals surface area contributed by atoms with E-state index in [1.807, 2.05) is 54.7 Å². The van der Waals surface area contributed by atoms with Crippen LogP contribution in [0.2, 0.25) is 0 Å². The van der Waals surface area contributed by atoms with E-state index in [4.69, 9.17) is 69.8 Å². The van der Waals surface area contributed by atoms with Gasteiger partial charge < -0.3 is 73.9 Å². The molecule has 356 valence electrons. The number of fused-ring (bicyclic) bond motifs is 1. The number of hydrazine groups is 1. The number of hydrogen-bond donors (Lipinski definition) is 5. The number of rotatable bonds is 37. The number of aliphatic hydroxyl groups excluding tert-OH is 1. The van der Waals surface area contributed by atoms with Gasteiger partial charge in [-0.25, -0.2) is 15.5 Å². The van der Waals surface area contributed by atoms with Crippen molar-refractivity contribution in [2.75, 3.05) is 111 Å². The largest absolute Gasteiger partial charge is 0.471 e. The minimum Gasteiger partial charge on any atom is -0.471 e. The van der Waals surface area contributed by atoms with Gasteiger partial charge in [0.15, 0.2) is 5.65 Å². The molecule has 3 aromatic heterocycles. The Labute approximate surface area is 378 Å². The van der Waals surface area contributed by atoms with Crippen molar-refractivity contribution in [2.24, 2.45) is 11.6 Å². The van der Waals surface area contributed by atoms with Crippen LogP contribution in [0.5, 0.6) is 5.88 Å². The zero-order valence-corrected chi connectivity index (χ0v) is 36.8. The van der Waals surface area contributed by atoms with Crippen molar-refractivity contribution in [3.05, 3.63) is 101 Å². The maximum Gasteiger partial charge on any atom is 0.245 e. The lowest BCUT2D eigenvalue weighted by Crippen LogP contribution is -2.31. The Morgan fingerprint density at radius 2 is 1.18 bits per heavy atom. The van der Waals surface area contributed by atoms with E-state index in [1.54, 1.807) is 10.9 Å². The molecule has 0 atom stereocenters. The maximum atomic E-state index is 8.66. The van der Waals surface area contributed by atoms with Crippen molar-refractivity contribution in [2.45, 2.75) is 39.6 Å². The average Bonchev–Trinajstić information content (AvgIpc) is 3.98. The second kappa shape index (κ2) is 30.7. The van der Waals surface area contributed by atoms with E-state index in [9.17, 15) is 0 Å². The Balaban J connectivity index is 0.783. The standard InChI is InChI=1S/C43H63N11O11/c44-38(31-63-28-35-1-3-36(4-2-35)29-64-32-39-26-54(52-51-39)10-13-57-16-19-59-20-17-58-14-11-55)25-53(46)9-12-56-15-18-60-21-22-61-23-24-62-27-34-5-7-37(8-6-34)30-65-42-40-41(48-33-47-40)49-43(45)50-42/h1-8,25-26,33,55H,9-24,27-32,44,46H2,(H3,45,47,48,49,50)/b38-25-. The molecular formula is C43H63N11O11. The minimum atomic E-state index is 0.00948. The van der Waals surface area contributed by atoms with Crippen LogP contribution in [0.25, 0.3) is 11.2 Å². The van der Waals surface area contributed by atoms with Crippen LogP contribution in [-0.4, -0.2) is 151 Å². The first-order valence-corrected chi connectivity index (χ1v) is 21.4. The summed E-state index contributed by atoms with van der Waals surface area (Å²) in [6.45, 7) is 9.05. The van der Waals surface area contributed by atoms with E-state index < -0.39 is 0 Å². The first-order valence-electron chi connectivity index (χ1n) is 21.4. The third kappa shape index (κ3) is 21.0. The number of nitrogens with two attached hydrogens (primary N) is 3. The summed E-state index contributed by atoms with van der Waals surface area (Å²) < 4.78 is 57.8. The molecule has 22 heteroatoms. The fourth-order valence-corrected chi connectivity index (χ4v) is 5.72. The molecule has 22 nitrogen and oxygen atoms in total. The van der Waals surface area contributed by atoms with Crippen LogP contribution in [0.4, 0.5) is 5.95 Å². The number of nitrogens with one attached hydrogen (secondary N) is 1. The van der Waals surface area contributed by atoms with E-state index in [0.717, 1.165) is 27.9 Å². The first-order chi connectivity index (χ1) is 31.9. The third-order valence-electron chi connectivity index (χ3n) is 8.99. The molecule has 0 aliphatic carbocycles. The molecule has 2 aromatic carbocycles. The van der Waals surface area contributed by atoms with Gasteiger partial charge >= 0.3 is 0 Å². The summed E-state index contributed by atoms with van der Waals surface area (Å²) in [5.41, 5.74) is 18.2. The van der Waals surface area contributed by atoms with Gasteiger partial charge in [0.2, 0.25) is 11.8 Å². The summed E-state index contributed by atoms with van der Waals surface area (Å²) in [5.74, 6) is 6.52. The molecule has 3 heterocycles. The Morgan fingerprint density at radius 3 is 1.82 bits per heavy atom. The van der Waals surface area contributed by atoms with Crippen molar-refractivity contribution in [3.8, 4) is 5.88 Å². The lowest BCUT2D eigenvalue weighted by molar-refractivity contribution is -0.00519. The van der Waals surface area contributed by atoms with E-state index in [-0.39, 0.29) is 19.2 Å². The molecule has 5 rings (SSSR count). The zero-order valence-electron chi connectivity index (χ0n) is 36.8. The molecule has 5 aromatic rings. The lowest BCUT2D eigenvalue weighted by Gasteiger charge is -2.15. The monoisotopic (exact) mass is 909 g/mol. The third-order valence-corrected chi connectivity index (χ3v) is 8.99. The molecule has 0 spiro atoms. The van der Waals surface area contributed by atoms with E-state index in [2.05, 4.69) is 30.2 Å². The van der Waals surface area contributed by atoms with Crippen LogP contribution in [0.15, 0.2) is 73.0 Å². The number of anilines is 1. The van der Waals surface area contributed by atoms with Crippen molar-refractivity contribution in [1.29, 1.82) is 0 Å². The highest BCUT2D eigenvalue weighted by molar-refractivity contribution is 5.76. The Kier molecular flexibility index (Phi) is 23.9. The number of benzene rings is 2. The topological polar surface area (TPSA) is 279 Å². The normalized spacial score (nSPS) is 11.8. The number of aromatic amines is 1. The van der Waals surface area contributed by atoms with Crippen molar-refractivity contribution in [3.63, 3.8) is 0 Å². The first kappa shape index (κ1) is 50.6. The summed E-state index contributed by atoms with van der Waals surface area (Å²) in [4.78, 5) is 15.3. The van der Waals surface area contributed by atoms with Gasteiger partial charge in [0.25, 0.3) is 0 Å². The van der Waals surface area contributed by atoms with Crippen molar-refractivity contribution < 1.29 is 52.5 Å². The summed E-state index contributed by atoms with van der Waals surface area (Å²) >= 11 is 0. The summed E-state index contributed by atoms with van der Waals surface area (Å²) in [5, 5.41) is 18.4. The van der Waals surface area contributed by atoms with Gasteiger partial charge in [-0.2, -0.15) is 9.97 Å². The molecule has 0 aliphatic heterocycles. The maximum absolute atomic E-state index is 8.66. The number of aliphatic hydroxyl groups is 1. The molecule has 0 saturated carbocycles. The second-order valence-electron chi connectivity index (χ2n) is 14.3. The van der Waals surface area contributed by atoms with Crippen LogP contribution in [0.3, 0.4) is 0 Å². The van der Waals surface area contributed by atoms with Gasteiger partial charge in [-0.05, 0) is 22.3 Å². The number of nitrogen functional groups attached to an aromatic ring is 1. The zero-order chi connectivity index (χ0) is 45.6. The number of H-pyrrole nitrogens is 1. The van der Waals surface area contributed by atoms with Gasteiger partial charge in [0.05, 0.1) is 157 Å². The highest BCUT2D eigenvalue weighted by atomic mass is 16.6. The van der Waals surface area contributed by atoms with Crippen molar-refractivity contribution >= 4 is 17.1 Å². The fraction of sp³-hybridized carbons (Fsp3) is 0.512. The number of nitrogens with zero attached hydrogens (tertiary/aromatic N) is 7. The van der Waals surface area contributed by atoms with Crippen LogP contribution >= 0.6 is 0 Å². The summed E-state index contributed by atoms with van der Waals surface area (Å²) in [7, 11) is 0. The molecule has 0 saturated heterocycles.